The fourth-order valence-electron chi connectivity index (χ4n) is 2.11. The van der Waals surface area contributed by atoms with Gasteiger partial charge in [-0.3, -0.25) is 10.7 Å². The summed E-state index contributed by atoms with van der Waals surface area (Å²) in [6, 6.07) is 3.79. The predicted molar refractivity (Wildman–Crippen MR) is 102 cm³/mol. The first-order chi connectivity index (χ1) is 13.4. The second kappa shape index (κ2) is 9.98. The molecule has 1 aromatic carbocycles. The Morgan fingerprint density at radius 1 is 1.46 bits per heavy atom. The smallest absolute Gasteiger partial charge is 0.214 e. The zero-order valence-corrected chi connectivity index (χ0v) is 16.3. The van der Waals surface area contributed by atoms with Crippen LogP contribution in [0.25, 0.3) is 0 Å². The number of nitrogens with one attached hydrogen (secondary N) is 2. The molecule has 0 spiro atoms. The lowest BCUT2D eigenvalue weighted by molar-refractivity contribution is 0.234. The average molecular weight is 430 g/mol. The summed E-state index contributed by atoms with van der Waals surface area (Å²) in [4.78, 5) is 4.10. The van der Waals surface area contributed by atoms with Gasteiger partial charge in [-0.15, -0.1) is 4.36 Å². The van der Waals surface area contributed by atoms with Gasteiger partial charge in [-0.25, -0.2) is 18.2 Å². The van der Waals surface area contributed by atoms with Crippen LogP contribution in [0, 0.1) is 17.3 Å². The molecule has 0 amide bonds. The monoisotopic (exact) mass is 429 g/mol. The zero-order chi connectivity index (χ0) is 20.6. The van der Waals surface area contributed by atoms with E-state index < -0.39 is 15.5 Å². The summed E-state index contributed by atoms with van der Waals surface area (Å²) < 4.78 is 33.2. The Labute approximate surface area is 165 Å². The summed E-state index contributed by atoms with van der Waals surface area (Å²) >= 11 is 5.72. The Hall–Kier alpha value is -2.75. The summed E-state index contributed by atoms with van der Waals surface area (Å²) in [6.07, 6.45) is 4.17. The van der Waals surface area contributed by atoms with Crippen LogP contribution in [-0.4, -0.2) is 44.1 Å². The van der Waals surface area contributed by atoms with Crippen LogP contribution in [0.15, 0.2) is 32.2 Å². The van der Waals surface area contributed by atoms with Gasteiger partial charge < -0.3 is 5.32 Å². The van der Waals surface area contributed by atoms with E-state index in [0.717, 1.165) is 6.07 Å². The highest BCUT2D eigenvalue weighted by Crippen LogP contribution is 2.22. The molecule has 3 N–H and O–H groups in total. The van der Waals surface area contributed by atoms with Crippen molar-refractivity contribution in [1.29, 1.82) is 5.26 Å². The lowest BCUT2D eigenvalue weighted by Gasteiger charge is -2.06. The van der Waals surface area contributed by atoms with E-state index in [9.17, 15) is 13.8 Å². The van der Waals surface area contributed by atoms with Gasteiger partial charge in [-0.2, -0.15) is 5.26 Å². The van der Waals surface area contributed by atoms with Crippen molar-refractivity contribution in [2.75, 3.05) is 23.9 Å². The summed E-state index contributed by atoms with van der Waals surface area (Å²) in [7, 11) is -2.49. The maximum Gasteiger partial charge on any atom is 0.214 e. The SMILES string of the molecule is CS(=O)(CCCCNc1nonc1C(=Nc1ccc(F)c(Cl)c1)NO)=NC#N. The van der Waals surface area contributed by atoms with E-state index in [1.807, 2.05) is 5.48 Å². The highest BCUT2D eigenvalue weighted by molar-refractivity contribution is 7.92. The molecule has 2 rings (SSSR count). The van der Waals surface area contributed by atoms with Crippen molar-refractivity contribution in [2.24, 2.45) is 9.36 Å². The molecule has 150 valence electrons. The number of unbranched alkanes of at least 4 members (excludes halogenated alkanes) is 1. The molecule has 0 aliphatic carbocycles. The fraction of sp³-hybridized carbons (Fsp3) is 0.333. The molecule has 0 aliphatic heterocycles. The van der Waals surface area contributed by atoms with Crippen molar-refractivity contribution in [1.82, 2.24) is 15.8 Å². The summed E-state index contributed by atoms with van der Waals surface area (Å²) in [6.45, 7) is 0.435. The third-order valence-electron chi connectivity index (χ3n) is 3.44. The van der Waals surface area contributed by atoms with Crippen LogP contribution >= 0.6 is 11.6 Å². The van der Waals surface area contributed by atoms with Gasteiger partial charge in [0.25, 0.3) is 0 Å². The van der Waals surface area contributed by atoms with Crippen molar-refractivity contribution >= 4 is 38.7 Å². The maximum atomic E-state index is 13.2. The molecule has 1 atom stereocenters. The van der Waals surface area contributed by atoms with Gasteiger partial charge in [0.15, 0.2) is 11.5 Å². The zero-order valence-electron chi connectivity index (χ0n) is 14.7. The number of anilines is 1. The van der Waals surface area contributed by atoms with Crippen LogP contribution in [0.2, 0.25) is 5.02 Å². The molecule has 13 heteroatoms. The van der Waals surface area contributed by atoms with Gasteiger partial charge in [-0.05, 0) is 41.4 Å². The van der Waals surface area contributed by atoms with Crippen LogP contribution in [0.4, 0.5) is 15.9 Å². The Morgan fingerprint density at radius 2 is 2.25 bits per heavy atom. The lowest BCUT2D eigenvalue weighted by atomic mass is 10.3. The molecule has 1 unspecified atom stereocenters. The quantitative estimate of drug-likeness (QED) is 0.190. The number of hydroxylamine groups is 1. The van der Waals surface area contributed by atoms with Gasteiger partial charge >= 0.3 is 0 Å². The number of nitrogens with zero attached hydrogens (tertiary/aromatic N) is 5. The van der Waals surface area contributed by atoms with Gasteiger partial charge in [-0.1, -0.05) is 11.6 Å². The Morgan fingerprint density at radius 3 is 2.93 bits per heavy atom. The van der Waals surface area contributed by atoms with E-state index in [1.54, 1.807) is 6.19 Å². The molecule has 0 fully saturated rings. The molecule has 2 aromatic rings. The molecule has 0 bridgehead atoms. The van der Waals surface area contributed by atoms with Gasteiger partial charge in [0.1, 0.15) is 5.82 Å². The van der Waals surface area contributed by atoms with E-state index in [1.165, 1.54) is 18.4 Å². The maximum absolute atomic E-state index is 13.2. The number of hydrogen-bond donors (Lipinski definition) is 3. The second-order valence-corrected chi connectivity index (χ2v) is 8.54. The third-order valence-corrected chi connectivity index (χ3v) is 5.24. The molecule has 10 nitrogen and oxygen atoms in total. The fourth-order valence-corrected chi connectivity index (χ4v) is 3.29. The first kappa shape index (κ1) is 21.5. The molecule has 0 saturated carbocycles. The topological polar surface area (TPSA) is 149 Å². The molecule has 0 aliphatic rings. The number of benzene rings is 1. The molecule has 0 saturated heterocycles. The Balaban J connectivity index is 2.02. The van der Waals surface area contributed by atoms with E-state index in [-0.39, 0.29) is 28.1 Å². The lowest BCUT2D eigenvalue weighted by Crippen LogP contribution is -2.22. The Bertz CT molecular complexity index is 1010. The van der Waals surface area contributed by atoms with Crippen molar-refractivity contribution in [3.8, 4) is 6.19 Å². The van der Waals surface area contributed by atoms with Crippen molar-refractivity contribution in [2.45, 2.75) is 12.8 Å². The highest BCUT2D eigenvalue weighted by Gasteiger charge is 2.16. The minimum absolute atomic E-state index is 0.0872. The number of amidine groups is 1. The van der Waals surface area contributed by atoms with Crippen LogP contribution in [0.1, 0.15) is 18.5 Å². The van der Waals surface area contributed by atoms with E-state index in [2.05, 4.69) is 29.6 Å². The number of hydrogen-bond acceptors (Lipinski definition) is 9. The minimum atomic E-state index is -2.49. The third kappa shape index (κ3) is 6.15. The van der Waals surface area contributed by atoms with Crippen molar-refractivity contribution in [3.05, 3.63) is 34.7 Å². The predicted octanol–water partition coefficient (Wildman–Crippen LogP) is 2.69. The molecular formula is C15H17ClFN7O3S. The Kier molecular flexibility index (Phi) is 7.68. The molecule has 28 heavy (non-hydrogen) atoms. The first-order valence-electron chi connectivity index (χ1n) is 7.95. The number of halogens is 2. The van der Waals surface area contributed by atoms with Gasteiger partial charge in [0, 0.05) is 18.6 Å². The van der Waals surface area contributed by atoms with E-state index >= 15 is 0 Å². The first-order valence-corrected chi connectivity index (χ1v) is 10.4. The van der Waals surface area contributed by atoms with Crippen molar-refractivity contribution in [3.63, 3.8) is 0 Å². The molecular weight excluding hydrogens is 413 g/mol. The molecule has 1 heterocycles. The summed E-state index contributed by atoms with van der Waals surface area (Å²) in [5.41, 5.74) is 2.27. The van der Waals surface area contributed by atoms with Crippen LogP contribution in [-0.2, 0) is 9.73 Å². The summed E-state index contributed by atoms with van der Waals surface area (Å²) in [5, 5.41) is 28.1. The highest BCUT2D eigenvalue weighted by atomic mass is 35.5. The van der Waals surface area contributed by atoms with Gasteiger partial charge in [0.05, 0.1) is 20.4 Å². The van der Waals surface area contributed by atoms with E-state index in [0.29, 0.717) is 25.1 Å². The molecule has 0 radical (unpaired) electrons. The number of rotatable bonds is 8. The number of aromatic nitrogens is 2. The molecule has 1 aromatic heterocycles. The summed E-state index contributed by atoms with van der Waals surface area (Å²) in [5.74, 6) is -0.172. The van der Waals surface area contributed by atoms with E-state index in [4.69, 9.17) is 16.9 Å². The largest absolute Gasteiger partial charge is 0.365 e. The number of nitriles is 1. The normalized spacial score (nSPS) is 13.5. The standard InChI is InChI=1S/C15H17ClFN7O3S/c1-28(26,20-9-18)7-3-2-6-19-14-13(23-27-24-14)15(22-25)21-10-4-5-12(17)11(16)8-10/h4-5,8,25H,2-3,6-7H2,1H3,(H,19,24)(H,21,22). The van der Waals surface area contributed by atoms with Gasteiger partial charge in [0.2, 0.25) is 12.0 Å². The average Bonchev–Trinajstić information content (AvgIpc) is 3.10. The van der Waals surface area contributed by atoms with Crippen LogP contribution < -0.4 is 10.8 Å². The van der Waals surface area contributed by atoms with Crippen molar-refractivity contribution < 1.29 is 18.4 Å². The minimum Gasteiger partial charge on any atom is -0.365 e. The number of aliphatic imine (C=N–C) groups is 1. The second-order valence-electron chi connectivity index (χ2n) is 5.62. The van der Waals surface area contributed by atoms with Crippen LogP contribution in [0.5, 0.6) is 0 Å². The van der Waals surface area contributed by atoms with Crippen LogP contribution in [0.3, 0.4) is 0 Å².